The molecule has 0 aliphatic rings. The first kappa shape index (κ1) is 31.4. The summed E-state index contributed by atoms with van der Waals surface area (Å²) in [4.78, 5) is 50.6. The smallest absolute Gasteiger partial charge is 0.326 e. The minimum Gasteiger partial charge on any atom is -0.480 e. The lowest BCUT2D eigenvalue weighted by Crippen LogP contribution is -2.58. The van der Waals surface area contributed by atoms with Gasteiger partial charge in [0.05, 0.1) is 6.04 Å². The lowest BCUT2D eigenvalue weighted by atomic mass is 10.0. The minimum absolute atomic E-state index is 0.122. The van der Waals surface area contributed by atoms with Gasteiger partial charge in [0.25, 0.3) is 0 Å². The number of rotatable bonds is 17. The van der Waals surface area contributed by atoms with Crippen molar-refractivity contribution >= 4 is 35.5 Å². The summed E-state index contributed by atoms with van der Waals surface area (Å²) in [5, 5.41) is 17.5. The Morgan fingerprint density at radius 1 is 0.889 bits per heavy atom. The molecule has 0 aromatic heterocycles. The monoisotopic (exact) mass is 523 g/mol. The zero-order valence-electron chi connectivity index (χ0n) is 21.4. The van der Waals surface area contributed by atoms with Crippen LogP contribution in [-0.2, 0) is 25.6 Å². The number of aliphatic carboxylic acids is 1. The molecule has 0 aliphatic carbocycles. The van der Waals surface area contributed by atoms with Gasteiger partial charge in [-0.05, 0) is 55.7 Å². The van der Waals surface area contributed by atoms with E-state index in [1.54, 1.807) is 0 Å². The fourth-order valence-electron chi connectivity index (χ4n) is 3.43. The Morgan fingerprint density at radius 2 is 1.47 bits per heavy atom. The summed E-state index contributed by atoms with van der Waals surface area (Å²) in [5.74, 6) is -2.31. The Hall–Kier alpha value is -2.63. The normalized spacial score (nSPS) is 14.4. The van der Waals surface area contributed by atoms with Gasteiger partial charge in [0.1, 0.15) is 18.1 Å². The summed E-state index contributed by atoms with van der Waals surface area (Å²) in [6.45, 7) is 4.06. The van der Waals surface area contributed by atoms with Gasteiger partial charge in [-0.15, -0.1) is 0 Å². The number of thioether (sulfide) groups is 1. The van der Waals surface area contributed by atoms with Gasteiger partial charge in [0.15, 0.2) is 0 Å². The number of hydrogen-bond donors (Lipinski definition) is 6. The molecule has 4 atom stereocenters. The van der Waals surface area contributed by atoms with Gasteiger partial charge in [-0.2, -0.15) is 11.8 Å². The molecule has 0 radical (unpaired) electrons. The van der Waals surface area contributed by atoms with E-state index in [0.717, 1.165) is 5.56 Å². The van der Waals surface area contributed by atoms with E-state index < -0.39 is 47.9 Å². The first-order chi connectivity index (χ1) is 17.1. The van der Waals surface area contributed by atoms with E-state index in [2.05, 4.69) is 16.0 Å². The van der Waals surface area contributed by atoms with Crippen molar-refractivity contribution in [2.45, 2.75) is 70.1 Å². The SMILES string of the molecule is CSCCC(NC(=O)C(Cc1ccccc1)NC(=O)C(CCCCN)NC(=O)C(N)C(C)C)C(=O)O. The van der Waals surface area contributed by atoms with E-state index in [4.69, 9.17) is 11.5 Å². The van der Waals surface area contributed by atoms with Crippen LogP contribution in [0.5, 0.6) is 0 Å². The molecule has 10 nitrogen and oxygen atoms in total. The highest BCUT2D eigenvalue weighted by atomic mass is 32.2. The Balaban J connectivity index is 3.10. The Morgan fingerprint density at radius 3 is 2.03 bits per heavy atom. The molecule has 36 heavy (non-hydrogen) atoms. The van der Waals surface area contributed by atoms with E-state index >= 15 is 0 Å². The second-order valence-corrected chi connectivity index (χ2v) is 10.0. The Kier molecular flexibility index (Phi) is 14.8. The first-order valence-electron chi connectivity index (χ1n) is 12.2. The van der Waals surface area contributed by atoms with Gasteiger partial charge in [0.2, 0.25) is 17.7 Å². The van der Waals surface area contributed by atoms with E-state index in [1.165, 1.54) is 11.8 Å². The van der Waals surface area contributed by atoms with Gasteiger partial charge in [-0.25, -0.2) is 4.79 Å². The van der Waals surface area contributed by atoms with Crippen molar-refractivity contribution < 1.29 is 24.3 Å². The second-order valence-electron chi connectivity index (χ2n) is 9.05. The summed E-state index contributed by atoms with van der Waals surface area (Å²) in [6, 6.07) is 5.28. The molecule has 0 heterocycles. The van der Waals surface area contributed by atoms with Crippen LogP contribution in [0.2, 0.25) is 0 Å². The van der Waals surface area contributed by atoms with Crippen molar-refractivity contribution in [1.82, 2.24) is 16.0 Å². The number of carboxylic acids is 1. The average molecular weight is 524 g/mol. The number of nitrogens with two attached hydrogens (primary N) is 2. The van der Waals surface area contributed by atoms with Crippen LogP contribution >= 0.6 is 11.8 Å². The zero-order chi connectivity index (χ0) is 27.1. The summed E-state index contributed by atoms with van der Waals surface area (Å²) in [6.07, 6.45) is 3.84. The molecule has 4 unspecified atom stereocenters. The van der Waals surface area contributed by atoms with Crippen LogP contribution in [0.25, 0.3) is 0 Å². The highest BCUT2D eigenvalue weighted by Crippen LogP contribution is 2.09. The maximum absolute atomic E-state index is 13.3. The summed E-state index contributed by atoms with van der Waals surface area (Å²) < 4.78 is 0. The molecule has 1 rings (SSSR count). The molecule has 11 heteroatoms. The molecule has 1 aromatic carbocycles. The Bertz CT molecular complexity index is 839. The van der Waals surface area contributed by atoms with Crippen molar-refractivity contribution in [2.24, 2.45) is 17.4 Å². The molecular formula is C25H41N5O5S. The summed E-state index contributed by atoms with van der Waals surface area (Å²) in [5.41, 5.74) is 12.3. The molecule has 0 aliphatic heterocycles. The van der Waals surface area contributed by atoms with Crippen LogP contribution in [-0.4, -0.2) is 71.5 Å². The fourth-order valence-corrected chi connectivity index (χ4v) is 3.90. The van der Waals surface area contributed by atoms with Crippen molar-refractivity contribution in [3.63, 3.8) is 0 Å². The van der Waals surface area contributed by atoms with Gasteiger partial charge in [-0.3, -0.25) is 14.4 Å². The molecule has 1 aromatic rings. The van der Waals surface area contributed by atoms with Crippen molar-refractivity contribution in [1.29, 1.82) is 0 Å². The maximum atomic E-state index is 13.3. The summed E-state index contributed by atoms with van der Waals surface area (Å²) in [7, 11) is 0. The molecule has 0 saturated carbocycles. The van der Waals surface area contributed by atoms with Crippen molar-refractivity contribution in [3.8, 4) is 0 Å². The minimum atomic E-state index is -1.14. The Labute approximate surface area is 217 Å². The fraction of sp³-hybridized carbons (Fsp3) is 0.600. The van der Waals surface area contributed by atoms with Crippen LogP contribution in [0.4, 0.5) is 0 Å². The molecule has 0 bridgehead atoms. The number of unbranched alkanes of at least 4 members (excludes halogenated alkanes) is 1. The van der Waals surface area contributed by atoms with Crippen LogP contribution in [0.3, 0.4) is 0 Å². The molecule has 0 saturated heterocycles. The highest BCUT2D eigenvalue weighted by Gasteiger charge is 2.30. The van der Waals surface area contributed by atoms with Crippen molar-refractivity contribution in [3.05, 3.63) is 35.9 Å². The van der Waals surface area contributed by atoms with Gasteiger partial charge >= 0.3 is 5.97 Å². The number of nitrogens with one attached hydrogen (secondary N) is 3. The number of carbonyl (C=O) groups is 4. The number of benzene rings is 1. The zero-order valence-corrected chi connectivity index (χ0v) is 22.2. The number of hydrogen-bond acceptors (Lipinski definition) is 7. The van der Waals surface area contributed by atoms with Gasteiger partial charge < -0.3 is 32.5 Å². The molecule has 0 fully saturated rings. The lowest BCUT2D eigenvalue weighted by Gasteiger charge is -2.26. The predicted molar refractivity (Wildman–Crippen MR) is 142 cm³/mol. The lowest BCUT2D eigenvalue weighted by molar-refractivity contribution is -0.142. The largest absolute Gasteiger partial charge is 0.480 e. The molecular weight excluding hydrogens is 482 g/mol. The molecule has 8 N–H and O–H groups in total. The van der Waals surface area contributed by atoms with Crippen LogP contribution in [0.15, 0.2) is 30.3 Å². The molecule has 202 valence electrons. The van der Waals surface area contributed by atoms with Crippen LogP contribution < -0.4 is 27.4 Å². The van der Waals surface area contributed by atoms with Crippen molar-refractivity contribution in [2.75, 3.05) is 18.6 Å². The maximum Gasteiger partial charge on any atom is 0.326 e. The predicted octanol–water partition coefficient (Wildman–Crippen LogP) is 0.634. The highest BCUT2D eigenvalue weighted by molar-refractivity contribution is 7.98. The van der Waals surface area contributed by atoms with E-state index in [1.807, 2.05) is 50.4 Å². The quantitative estimate of drug-likeness (QED) is 0.161. The standard InChI is InChI=1S/C25H41N5O5S/c1-16(2)21(27)24(33)28-18(11-7-8-13-26)22(31)30-20(15-17-9-5-4-6-10-17)23(32)29-19(25(34)35)12-14-36-3/h4-6,9-10,16,18-21H,7-8,11-15,26-27H2,1-3H3,(H,28,33)(H,29,32)(H,30,31)(H,34,35). The topological polar surface area (TPSA) is 177 Å². The second kappa shape index (κ2) is 16.9. The molecule has 0 spiro atoms. The van der Waals surface area contributed by atoms with Gasteiger partial charge in [0, 0.05) is 6.42 Å². The summed E-state index contributed by atoms with van der Waals surface area (Å²) >= 11 is 1.48. The van der Waals surface area contributed by atoms with Crippen LogP contribution in [0, 0.1) is 5.92 Å². The average Bonchev–Trinajstić information content (AvgIpc) is 2.85. The van der Waals surface area contributed by atoms with E-state index in [9.17, 15) is 24.3 Å². The van der Waals surface area contributed by atoms with Crippen LogP contribution in [0.1, 0.15) is 45.1 Å². The number of amides is 3. The first-order valence-corrected chi connectivity index (χ1v) is 13.6. The third-order valence-corrected chi connectivity index (χ3v) is 6.39. The number of carboxylic acid groups (broad SMARTS) is 1. The van der Waals surface area contributed by atoms with Gasteiger partial charge in [-0.1, -0.05) is 44.2 Å². The number of carbonyl (C=O) groups excluding carboxylic acids is 3. The van der Waals surface area contributed by atoms with E-state index in [0.29, 0.717) is 31.6 Å². The van der Waals surface area contributed by atoms with E-state index in [-0.39, 0.29) is 18.8 Å². The third kappa shape index (κ3) is 11.4. The molecule has 3 amide bonds. The third-order valence-electron chi connectivity index (χ3n) is 5.74.